The Balaban J connectivity index is 2.28. The Morgan fingerprint density at radius 1 is 1.47 bits per heavy atom. The van der Waals surface area contributed by atoms with Gasteiger partial charge in [0.05, 0.1) is 5.56 Å². The van der Waals surface area contributed by atoms with Crippen LogP contribution < -0.4 is 5.73 Å². The number of hydrogen-bond donors (Lipinski definition) is 2. The van der Waals surface area contributed by atoms with Crippen LogP contribution in [-0.2, 0) is 0 Å². The minimum Gasteiger partial charge on any atom is -0.508 e. The second kappa shape index (κ2) is 4.28. The topological polar surface area (TPSA) is 66.6 Å². The van der Waals surface area contributed by atoms with Gasteiger partial charge < -0.3 is 15.7 Å². The van der Waals surface area contributed by atoms with Gasteiger partial charge in [-0.25, -0.2) is 0 Å². The zero-order chi connectivity index (χ0) is 12.6. The molecule has 3 N–H and O–H groups in total. The van der Waals surface area contributed by atoms with Crippen molar-refractivity contribution in [3.8, 4) is 5.75 Å². The SMILES string of the molecule is CC1CC(C)N(C(=O)c2cc(O)ccc2N)C1. The van der Waals surface area contributed by atoms with Crippen molar-refractivity contribution in [1.29, 1.82) is 0 Å². The first-order valence-corrected chi connectivity index (χ1v) is 5.88. The third-order valence-corrected chi connectivity index (χ3v) is 3.31. The van der Waals surface area contributed by atoms with E-state index in [-0.39, 0.29) is 17.7 Å². The van der Waals surface area contributed by atoms with Crippen molar-refractivity contribution in [2.24, 2.45) is 5.92 Å². The molecule has 2 rings (SSSR count). The Morgan fingerprint density at radius 3 is 2.76 bits per heavy atom. The summed E-state index contributed by atoms with van der Waals surface area (Å²) >= 11 is 0. The van der Waals surface area contributed by atoms with Crippen LogP contribution in [0.15, 0.2) is 18.2 Å². The highest BCUT2D eigenvalue weighted by Crippen LogP contribution is 2.27. The maximum Gasteiger partial charge on any atom is 0.256 e. The molecule has 0 aromatic heterocycles. The standard InChI is InChI=1S/C13H18N2O2/c1-8-5-9(2)15(7-8)13(17)11-6-10(16)3-4-12(11)14/h3-4,6,8-9,16H,5,7,14H2,1-2H3. The number of nitrogen functional groups attached to an aromatic ring is 1. The molecule has 0 spiro atoms. The molecule has 4 nitrogen and oxygen atoms in total. The molecule has 1 amide bonds. The van der Waals surface area contributed by atoms with E-state index in [9.17, 15) is 9.90 Å². The molecule has 1 aliphatic heterocycles. The van der Waals surface area contributed by atoms with E-state index in [0.29, 0.717) is 17.2 Å². The van der Waals surface area contributed by atoms with E-state index in [1.165, 1.54) is 12.1 Å². The van der Waals surface area contributed by atoms with Crippen molar-refractivity contribution in [1.82, 2.24) is 4.90 Å². The second-order valence-electron chi connectivity index (χ2n) is 4.92. The first-order valence-electron chi connectivity index (χ1n) is 5.88. The zero-order valence-electron chi connectivity index (χ0n) is 10.2. The van der Waals surface area contributed by atoms with Crippen LogP contribution in [0.1, 0.15) is 30.6 Å². The second-order valence-corrected chi connectivity index (χ2v) is 4.92. The van der Waals surface area contributed by atoms with Gasteiger partial charge in [-0.05, 0) is 37.5 Å². The molecule has 1 aromatic carbocycles. The van der Waals surface area contributed by atoms with E-state index >= 15 is 0 Å². The summed E-state index contributed by atoms with van der Waals surface area (Å²) in [6.45, 7) is 4.94. The zero-order valence-corrected chi connectivity index (χ0v) is 10.2. The lowest BCUT2D eigenvalue weighted by molar-refractivity contribution is 0.0744. The number of carbonyl (C=O) groups excluding carboxylic acids is 1. The molecule has 0 radical (unpaired) electrons. The van der Waals surface area contributed by atoms with E-state index in [2.05, 4.69) is 6.92 Å². The third-order valence-electron chi connectivity index (χ3n) is 3.31. The third kappa shape index (κ3) is 2.20. The van der Waals surface area contributed by atoms with Gasteiger partial charge in [0.2, 0.25) is 0 Å². The predicted octanol–water partition coefficient (Wildman–Crippen LogP) is 1.84. The van der Waals surface area contributed by atoms with Gasteiger partial charge in [0.1, 0.15) is 5.75 Å². The van der Waals surface area contributed by atoms with Crippen molar-refractivity contribution in [2.75, 3.05) is 12.3 Å². The lowest BCUT2D eigenvalue weighted by Gasteiger charge is -2.22. The van der Waals surface area contributed by atoms with Crippen molar-refractivity contribution < 1.29 is 9.90 Å². The fourth-order valence-corrected chi connectivity index (χ4v) is 2.47. The highest BCUT2D eigenvalue weighted by Gasteiger charge is 2.31. The molecule has 2 unspecified atom stereocenters. The normalized spacial score (nSPS) is 24.0. The van der Waals surface area contributed by atoms with Crippen LogP contribution in [-0.4, -0.2) is 28.5 Å². The average molecular weight is 234 g/mol. The number of carbonyl (C=O) groups is 1. The molecule has 1 saturated heterocycles. The maximum absolute atomic E-state index is 12.3. The Kier molecular flexibility index (Phi) is 2.96. The molecule has 1 aromatic rings. The molecule has 1 heterocycles. The van der Waals surface area contributed by atoms with E-state index in [4.69, 9.17) is 5.73 Å². The predicted molar refractivity (Wildman–Crippen MR) is 66.8 cm³/mol. The first kappa shape index (κ1) is 11.8. The number of phenols is 1. The fourth-order valence-electron chi connectivity index (χ4n) is 2.47. The summed E-state index contributed by atoms with van der Waals surface area (Å²) in [6, 6.07) is 4.72. The average Bonchev–Trinajstić information content (AvgIpc) is 2.60. The van der Waals surface area contributed by atoms with Crippen LogP contribution in [0.5, 0.6) is 5.75 Å². The monoisotopic (exact) mass is 234 g/mol. The van der Waals surface area contributed by atoms with Crippen LogP contribution in [0.4, 0.5) is 5.69 Å². The Labute approximate surface area is 101 Å². The van der Waals surface area contributed by atoms with Crippen LogP contribution in [0, 0.1) is 5.92 Å². The summed E-state index contributed by atoms with van der Waals surface area (Å²) in [5, 5.41) is 9.42. The van der Waals surface area contributed by atoms with Gasteiger partial charge in [0.25, 0.3) is 5.91 Å². The lowest BCUT2D eigenvalue weighted by Crippen LogP contribution is -2.34. The van der Waals surface area contributed by atoms with Crippen molar-refractivity contribution >= 4 is 11.6 Å². The molecule has 0 saturated carbocycles. The summed E-state index contributed by atoms with van der Waals surface area (Å²) in [4.78, 5) is 14.1. The molecule has 0 aliphatic carbocycles. The van der Waals surface area contributed by atoms with Gasteiger partial charge in [-0.1, -0.05) is 6.92 Å². The minimum absolute atomic E-state index is 0.0717. The smallest absolute Gasteiger partial charge is 0.256 e. The maximum atomic E-state index is 12.3. The number of rotatable bonds is 1. The number of benzene rings is 1. The van der Waals surface area contributed by atoms with Crippen LogP contribution in [0.3, 0.4) is 0 Å². The number of hydrogen-bond acceptors (Lipinski definition) is 3. The molecular weight excluding hydrogens is 216 g/mol. The van der Waals surface area contributed by atoms with Gasteiger partial charge in [-0.15, -0.1) is 0 Å². The molecule has 4 heteroatoms. The summed E-state index contributed by atoms with van der Waals surface area (Å²) in [5.74, 6) is 0.505. The van der Waals surface area contributed by atoms with E-state index in [1.54, 1.807) is 6.07 Å². The highest BCUT2D eigenvalue weighted by atomic mass is 16.3. The molecule has 17 heavy (non-hydrogen) atoms. The van der Waals surface area contributed by atoms with E-state index in [1.807, 2.05) is 11.8 Å². The number of phenolic OH excluding ortho intramolecular Hbond substituents is 1. The molecule has 0 bridgehead atoms. The summed E-state index contributed by atoms with van der Waals surface area (Å²) in [6.07, 6.45) is 1.02. The van der Waals surface area contributed by atoms with Gasteiger partial charge in [-0.2, -0.15) is 0 Å². The van der Waals surface area contributed by atoms with E-state index < -0.39 is 0 Å². The molecule has 1 aliphatic rings. The van der Waals surface area contributed by atoms with Crippen molar-refractivity contribution in [3.63, 3.8) is 0 Å². The Hall–Kier alpha value is -1.71. The quantitative estimate of drug-likeness (QED) is 0.575. The summed E-state index contributed by atoms with van der Waals surface area (Å²) < 4.78 is 0. The lowest BCUT2D eigenvalue weighted by atomic mass is 10.1. The number of likely N-dealkylation sites (tertiary alicyclic amines) is 1. The molecule has 1 fully saturated rings. The van der Waals surface area contributed by atoms with Gasteiger partial charge >= 0.3 is 0 Å². The highest BCUT2D eigenvalue weighted by molar-refractivity contribution is 5.99. The van der Waals surface area contributed by atoms with Crippen molar-refractivity contribution in [3.05, 3.63) is 23.8 Å². The molecular formula is C13H18N2O2. The van der Waals surface area contributed by atoms with E-state index in [0.717, 1.165) is 13.0 Å². The fraction of sp³-hybridized carbons (Fsp3) is 0.462. The number of aromatic hydroxyl groups is 1. The largest absolute Gasteiger partial charge is 0.508 e. The van der Waals surface area contributed by atoms with Gasteiger partial charge in [-0.3, -0.25) is 4.79 Å². The minimum atomic E-state index is -0.0877. The van der Waals surface area contributed by atoms with Crippen molar-refractivity contribution in [2.45, 2.75) is 26.3 Å². The number of nitrogens with zero attached hydrogens (tertiary/aromatic N) is 1. The Bertz CT molecular complexity index is 445. The molecule has 2 atom stereocenters. The Morgan fingerprint density at radius 2 is 2.18 bits per heavy atom. The van der Waals surface area contributed by atoms with Gasteiger partial charge in [0.15, 0.2) is 0 Å². The van der Waals surface area contributed by atoms with Crippen LogP contribution in [0.25, 0.3) is 0 Å². The summed E-state index contributed by atoms with van der Waals surface area (Å²) in [7, 11) is 0. The van der Waals surface area contributed by atoms with Crippen LogP contribution >= 0.6 is 0 Å². The first-order chi connectivity index (χ1) is 7.99. The molecule has 92 valence electrons. The number of amides is 1. The van der Waals surface area contributed by atoms with Crippen LogP contribution in [0.2, 0.25) is 0 Å². The van der Waals surface area contributed by atoms with Gasteiger partial charge in [0, 0.05) is 18.3 Å². The summed E-state index contributed by atoms with van der Waals surface area (Å²) in [5.41, 5.74) is 6.59. The number of anilines is 1. The number of nitrogens with two attached hydrogens (primary N) is 1.